The number of nitrogens with zero attached hydrogens (tertiary/aromatic N) is 1. The summed E-state index contributed by atoms with van der Waals surface area (Å²) in [6.07, 6.45) is -0.720. The molecule has 0 aliphatic heterocycles. The molecule has 3 rings (SSSR count). The molecule has 158 valence electrons. The molecule has 1 N–H and O–H groups in total. The average molecular weight is 445 g/mol. The zero-order valence-corrected chi connectivity index (χ0v) is 18.9. The molecular weight excluding hydrogens is 420 g/mol. The molecule has 3 aromatic rings. The summed E-state index contributed by atoms with van der Waals surface area (Å²) in [6.45, 7) is 5.55. The van der Waals surface area contributed by atoms with Gasteiger partial charge in [-0.2, -0.15) is 0 Å². The van der Waals surface area contributed by atoms with Crippen molar-refractivity contribution in [2.75, 3.05) is 16.7 Å². The van der Waals surface area contributed by atoms with E-state index in [1.165, 1.54) is 22.7 Å². The van der Waals surface area contributed by atoms with E-state index >= 15 is 0 Å². The molecule has 0 bridgehead atoms. The van der Waals surface area contributed by atoms with Gasteiger partial charge in [-0.1, -0.05) is 24.3 Å². The van der Waals surface area contributed by atoms with Crippen molar-refractivity contribution in [2.45, 2.75) is 31.1 Å². The molecule has 0 fully saturated rings. The molecule has 0 saturated carbocycles. The fraction of sp³-hybridized carbons (Fsp3) is 0.227. The number of aryl methyl sites for hydroxylation is 2. The monoisotopic (exact) mass is 444 g/mol. The van der Waals surface area contributed by atoms with Gasteiger partial charge in [0.25, 0.3) is 15.9 Å². The van der Waals surface area contributed by atoms with Crippen LogP contribution in [0.5, 0.6) is 5.75 Å². The smallest absolute Gasteiger partial charge is 0.273 e. The molecule has 0 radical (unpaired) electrons. The summed E-state index contributed by atoms with van der Waals surface area (Å²) in [6, 6.07) is 15.7. The van der Waals surface area contributed by atoms with Gasteiger partial charge in [-0.15, -0.1) is 11.3 Å². The Bertz CT molecular complexity index is 1100. The summed E-state index contributed by atoms with van der Waals surface area (Å²) < 4.78 is 32.5. The number of para-hydroxylation sites is 1. The predicted molar refractivity (Wildman–Crippen MR) is 121 cm³/mol. The number of nitrogens with one attached hydrogen (secondary N) is 1. The van der Waals surface area contributed by atoms with Crippen LogP contribution in [-0.2, 0) is 14.8 Å². The number of ether oxygens (including phenoxy) is 1. The minimum Gasteiger partial charge on any atom is -0.481 e. The largest absolute Gasteiger partial charge is 0.481 e. The van der Waals surface area contributed by atoms with Gasteiger partial charge in [0.1, 0.15) is 9.96 Å². The van der Waals surface area contributed by atoms with Gasteiger partial charge < -0.3 is 10.1 Å². The molecule has 6 nitrogen and oxygen atoms in total. The Morgan fingerprint density at radius 3 is 2.23 bits per heavy atom. The van der Waals surface area contributed by atoms with Crippen molar-refractivity contribution in [2.24, 2.45) is 0 Å². The minimum absolute atomic E-state index is 0.256. The highest BCUT2D eigenvalue weighted by atomic mass is 32.2. The van der Waals surface area contributed by atoms with Crippen LogP contribution >= 0.6 is 11.3 Å². The highest BCUT2D eigenvalue weighted by Gasteiger charge is 2.22. The van der Waals surface area contributed by atoms with Crippen LogP contribution in [0.2, 0.25) is 0 Å². The van der Waals surface area contributed by atoms with Gasteiger partial charge >= 0.3 is 0 Å². The number of benzene rings is 2. The molecule has 1 heterocycles. The summed E-state index contributed by atoms with van der Waals surface area (Å²) in [5.74, 6) is 0.221. The van der Waals surface area contributed by atoms with Gasteiger partial charge in [-0.05, 0) is 67.6 Å². The third-order valence-corrected chi connectivity index (χ3v) is 7.88. The molecule has 0 saturated heterocycles. The van der Waals surface area contributed by atoms with Gasteiger partial charge in [0, 0.05) is 12.7 Å². The molecule has 1 atom stereocenters. The Balaban J connectivity index is 1.67. The van der Waals surface area contributed by atoms with E-state index in [9.17, 15) is 13.2 Å². The van der Waals surface area contributed by atoms with Crippen molar-refractivity contribution < 1.29 is 17.9 Å². The minimum atomic E-state index is -3.59. The van der Waals surface area contributed by atoms with Crippen molar-refractivity contribution >= 4 is 38.6 Å². The van der Waals surface area contributed by atoms with Crippen molar-refractivity contribution in [3.63, 3.8) is 0 Å². The zero-order chi connectivity index (χ0) is 21.9. The first-order valence-corrected chi connectivity index (χ1v) is 11.7. The van der Waals surface area contributed by atoms with Gasteiger partial charge in [0.05, 0.1) is 5.69 Å². The zero-order valence-electron chi connectivity index (χ0n) is 17.2. The second-order valence-electron chi connectivity index (χ2n) is 6.91. The van der Waals surface area contributed by atoms with Crippen LogP contribution < -0.4 is 14.4 Å². The van der Waals surface area contributed by atoms with E-state index in [0.29, 0.717) is 11.4 Å². The van der Waals surface area contributed by atoms with Gasteiger partial charge in [0.2, 0.25) is 0 Å². The number of carbonyl (C=O) groups excluding carboxylic acids is 1. The summed E-state index contributed by atoms with van der Waals surface area (Å²) in [4.78, 5) is 12.5. The summed E-state index contributed by atoms with van der Waals surface area (Å²) in [5.41, 5.74) is 3.25. The Labute approximate surface area is 181 Å². The van der Waals surface area contributed by atoms with Crippen molar-refractivity contribution in [1.82, 2.24) is 0 Å². The van der Waals surface area contributed by atoms with Crippen molar-refractivity contribution in [3.05, 3.63) is 71.1 Å². The fourth-order valence-corrected chi connectivity index (χ4v) is 5.27. The molecule has 0 spiro atoms. The van der Waals surface area contributed by atoms with Gasteiger partial charge in [-0.25, -0.2) is 8.42 Å². The molecule has 2 aromatic carbocycles. The topological polar surface area (TPSA) is 75.7 Å². The van der Waals surface area contributed by atoms with Crippen molar-refractivity contribution in [3.8, 4) is 5.75 Å². The number of carbonyl (C=O) groups is 1. The predicted octanol–water partition coefficient (Wildman–Crippen LogP) is 4.60. The number of sulfonamides is 1. The van der Waals surface area contributed by atoms with Crippen LogP contribution in [0.4, 0.5) is 11.4 Å². The van der Waals surface area contributed by atoms with Crippen molar-refractivity contribution in [1.29, 1.82) is 0 Å². The van der Waals surface area contributed by atoms with Crippen LogP contribution in [0.15, 0.2) is 64.2 Å². The van der Waals surface area contributed by atoms with E-state index in [2.05, 4.69) is 5.32 Å². The second-order valence-corrected chi connectivity index (χ2v) is 10.1. The standard InChI is InChI=1S/C22H24N2O4S2/c1-15-7-5-8-16(2)21(15)23-22(25)17(3)28-19-12-10-18(11-13-19)24(4)30(26,27)20-9-6-14-29-20/h5-14,17H,1-4H3,(H,23,25). The Kier molecular flexibility index (Phi) is 6.48. The van der Waals surface area contributed by atoms with E-state index < -0.39 is 16.1 Å². The third-order valence-electron chi connectivity index (χ3n) is 4.72. The number of hydrogen-bond acceptors (Lipinski definition) is 5. The summed E-state index contributed by atoms with van der Waals surface area (Å²) in [5, 5.41) is 4.64. The molecule has 0 aliphatic carbocycles. The van der Waals surface area contributed by atoms with Crippen LogP contribution in [-0.4, -0.2) is 27.5 Å². The quantitative estimate of drug-likeness (QED) is 0.578. The van der Waals surface area contributed by atoms with E-state index in [1.807, 2.05) is 32.0 Å². The number of thiophene rings is 1. The lowest BCUT2D eigenvalue weighted by atomic mass is 10.1. The third kappa shape index (κ3) is 4.66. The second kappa shape index (κ2) is 8.89. The molecule has 1 unspecified atom stereocenters. The average Bonchev–Trinajstić information content (AvgIpc) is 3.26. The first-order chi connectivity index (χ1) is 14.2. The lowest BCUT2D eigenvalue weighted by Gasteiger charge is -2.20. The normalized spacial score (nSPS) is 12.3. The molecule has 0 aliphatic rings. The van der Waals surface area contributed by atoms with Crippen LogP contribution in [0.25, 0.3) is 0 Å². The van der Waals surface area contributed by atoms with Crippen LogP contribution in [0, 0.1) is 13.8 Å². The Morgan fingerprint density at radius 1 is 1.03 bits per heavy atom. The number of amides is 1. The molecule has 1 aromatic heterocycles. The first-order valence-electron chi connectivity index (χ1n) is 9.36. The molecular formula is C22H24N2O4S2. The molecule has 8 heteroatoms. The van der Waals surface area contributed by atoms with E-state index in [1.54, 1.807) is 48.7 Å². The van der Waals surface area contributed by atoms with Crippen LogP contribution in [0.3, 0.4) is 0 Å². The van der Waals surface area contributed by atoms with E-state index in [-0.39, 0.29) is 10.1 Å². The number of hydrogen-bond donors (Lipinski definition) is 1. The molecule has 30 heavy (non-hydrogen) atoms. The maximum absolute atomic E-state index is 12.6. The van der Waals surface area contributed by atoms with Gasteiger partial charge in [-0.3, -0.25) is 9.10 Å². The Morgan fingerprint density at radius 2 is 1.67 bits per heavy atom. The highest BCUT2D eigenvalue weighted by Crippen LogP contribution is 2.27. The van der Waals surface area contributed by atoms with E-state index in [4.69, 9.17) is 4.74 Å². The fourth-order valence-electron chi connectivity index (χ4n) is 2.91. The summed E-state index contributed by atoms with van der Waals surface area (Å²) in [7, 11) is -2.09. The maximum Gasteiger partial charge on any atom is 0.273 e. The lowest BCUT2D eigenvalue weighted by molar-refractivity contribution is -0.122. The number of rotatable bonds is 7. The number of anilines is 2. The highest BCUT2D eigenvalue weighted by molar-refractivity contribution is 7.94. The van der Waals surface area contributed by atoms with Gasteiger partial charge in [0.15, 0.2) is 6.10 Å². The Hall–Kier alpha value is -2.84. The van der Waals surface area contributed by atoms with Crippen LogP contribution in [0.1, 0.15) is 18.1 Å². The maximum atomic E-state index is 12.6. The summed E-state index contributed by atoms with van der Waals surface area (Å²) >= 11 is 1.17. The lowest BCUT2D eigenvalue weighted by Crippen LogP contribution is -2.30. The van der Waals surface area contributed by atoms with E-state index in [0.717, 1.165) is 16.8 Å². The SMILES string of the molecule is Cc1cccc(C)c1NC(=O)C(C)Oc1ccc(N(C)S(=O)(=O)c2cccs2)cc1. The first kappa shape index (κ1) is 21.9. The molecule has 1 amide bonds.